The fourth-order valence-corrected chi connectivity index (χ4v) is 6.62. The molecule has 0 N–H and O–H groups in total. The van der Waals surface area contributed by atoms with E-state index in [1.807, 2.05) is 11.3 Å². The lowest BCUT2D eigenvalue weighted by molar-refractivity contribution is 0.613. The van der Waals surface area contributed by atoms with Gasteiger partial charge in [0.2, 0.25) is 0 Å². The zero-order chi connectivity index (χ0) is 19.8. The smallest absolute Gasteiger partial charge is 0.0361 e. The van der Waals surface area contributed by atoms with Crippen LogP contribution in [0.5, 0.6) is 0 Å². The van der Waals surface area contributed by atoms with E-state index in [2.05, 4.69) is 93.6 Å². The van der Waals surface area contributed by atoms with E-state index >= 15 is 0 Å². The molecule has 1 heteroatoms. The van der Waals surface area contributed by atoms with Crippen molar-refractivity contribution >= 4 is 37.1 Å². The second-order valence-electron chi connectivity index (χ2n) is 9.04. The van der Waals surface area contributed by atoms with Gasteiger partial charge in [-0.25, -0.2) is 0 Å². The number of thiophene rings is 1. The molecule has 3 aromatic carbocycles. The fourth-order valence-electron chi connectivity index (χ4n) is 5.48. The molecule has 0 spiro atoms. The van der Waals surface area contributed by atoms with Gasteiger partial charge >= 0.3 is 0 Å². The number of hydrogen-bond donors (Lipinski definition) is 0. The van der Waals surface area contributed by atoms with Crippen LogP contribution in [0.4, 0.5) is 0 Å². The summed E-state index contributed by atoms with van der Waals surface area (Å²) in [6.07, 6.45) is 6.07. The second-order valence-corrected chi connectivity index (χ2v) is 10.1. The van der Waals surface area contributed by atoms with Crippen molar-refractivity contribution in [3.8, 4) is 0 Å². The van der Waals surface area contributed by atoms with Gasteiger partial charge in [-0.2, -0.15) is 0 Å². The third-order valence-electron chi connectivity index (χ3n) is 6.95. The lowest BCUT2D eigenvalue weighted by Gasteiger charge is -2.27. The number of hydrogen-bond acceptors (Lipinski definition) is 1. The third-order valence-corrected chi connectivity index (χ3v) is 8.09. The van der Waals surface area contributed by atoms with Gasteiger partial charge in [0.1, 0.15) is 0 Å². The molecule has 6 rings (SSSR count). The van der Waals surface area contributed by atoms with Gasteiger partial charge in [-0.15, -0.1) is 11.3 Å². The Hall–Kier alpha value is -2.64. The molecule has 1 aromatic heterocycles. The average molecular weight is 393 g/mol. The van der Waals surface area contributed by atoms with Crippen molar-refractivity contribution in [1.82, 2.24) is 0 Å². The highest BCUT2D eigenvalue weighted by molar-refractivity contribution is 7.25. The predicted molar refractivity (Wildman–Crippen MR) is 127 cm³/mol. The van der Waals surface area contributed by atoms with Crippen LogP contribution < -0.4 is 0 Å². The Kier molecular flexibility index (Phi) is 3.53. The van der Waals surface area contributed by atoms with Crippen molar-refractivity contribution in [2.24, 2.45) is 0 Å². The van der Waals surface area contributed by atoms with Crippen molar-refractivity contribution in [3.63, 3.8) is 0 Å². The molecule has 0 radical (unpaired) electrons. The Balaban J connectivity index is 1.55. The van der Waals surface area contributed by atoms with Gasteiger partial charge in [0.25, 0.3) is 0 Å². The Labute approximate surface area is 176 Å². The zero-order valence-electron chi connectivity index (χ0n) is 17.1. The number of fused-ring (bicyclic) bond motifs is 6. The molecule has 1 atom stereocenters. The number of aryl methyl sites for hydroxylation is 1. The molecule has 2 aliphatic rings. The molecule has 1 heterocycles. The van der Waals surface area contributed by atoms with Gasteiger partial charge in [-0.1, -0.05) is 85.7 Å². The van der Waals surface area contributed by atoms with Crippen LogP contribution >= 0.6 is 11.3 Å². The van der Waals surface area contributed by atoms with Gasteiger partial charge in [-0.3, -0.25) is 0 Å². The summed E-state index contributed by atoms with van der Waals surface area (Å²) < 4.78 is 2.76. The molecular formula is C28H24S. The van der Waals surface area contributed by atoms with E-state index in [-0.39, 0.29) is 5.41 Å². The minimum Gasteiger partial charge on any atom is -0.135 e. The van der Waals surface area contributed by atoms with Crippen LogP contribution in [0.3, 0.4) is 0 Å². The fraction of sp³-hybridized carbons (Fsp3) is 0.214. The molecule has 0 bridgehead atoms. The average Bonchev–Trinajstić information content (AvgIpc) is 3.21. The first-order chi connectivity index (χ1) is 14.0. The summed E-state index contributed by atoms with van der Waals surface area (Å²) in [5, 5.41) is 2.80. The molecule has 0 saturated carbocycles. The van der Waals surface area contributed by atoms with Crippen molar-refractivity contribution < 1.29 is 0 Å². The molecule has 0 saturated heterocycles. The number of benzene rings is 3. The van der Waals surface area contributed by atoms with Crippen LogP contribution in [-0.2, 0) is 5.41 Å². The molecular weight excluding hydrogens is 368 g/mol. The van der Waals surface area contributed by atoms with Gasteiger partial charge < -0.3 is 0 Å². The molecule has 142 valence electrons. The summed E-state index contributed by atoms with van der Waals surface area (Å²) in [4.78, 5) is 0. The molecule has 4 aromatic rings. The van der Waals surface area contributed by atoms with Crippen LogP contribution in [-0.4, -0.2) is 0 Å². The lowest BCUT2D eigenvalue weighted by atomic mass is 9.76. The van der Waals surface area contributed by atoms with Crippen LogP contribution in [0.15, 0.2) is 78.4 Å². The minimum absolute atomic E-state index is 0.0934. The van der Waals surface area contributed by atoms with Crippen LogP contribution in [0, 0.1) is 6.92 Å². The Bertz CT molecular complexity index is 1360. The van der Waals surface area contributed by atoms with Crippen molar-refractivity contribution in [2.45, 2.75) is 38.5 Å². The van der Waals surface area contributed by atoms with E-state index < -0.39 is 0 Å². The van der Waals surface area contributed by atoms with Gasteiger partial charge in [0.05, 0.1) is 0 Å². The molecule has 0 amide bonds. The SMILES string of the molecule is Cc1ccc2c(c1)C(C)(C)C1=CC(c3cccc4sc5ccccc5c34)=CCC12. The largest absolute Gasteiger partial charge is 0.135 e. The maximum absolute atomic E-state index is 2.50. The molecule has 0 nitrogen and oxygen atoms in total. The summed E-state index contributed by atoms with van der Waals surface area (Å²) in [5.41, 5.74) is 8.85. The highest BCUT2D eigenvalue weighted by atomic mass is 32.1. The first kappa shape index (κ1) is 17.2. The number of allylic oxidation sites excluding steroid dienone is 4. The van der Waals surface area contributed by atoms with Crippen LogP contribution in [0.25, 0.3) is 25.7 Å². The van der Waals surface area contributed by atoms with Crippen LogP contribution in [0.2, 0.25) is 0 Å². The number of rotatable bonds is 1. The summed E-state index contributed by atoms with van der Waals surface area (Å²) in [5.74, 6) is 0.530. The van der Waals surface area contributed by atoms with E-state index in [1.165, 1.54) is 48.0 Å². The normalized spacial score (nSPS) is 19.8. The molecule has 1 unspecified atom stereocenters. The predicted octanol–water partition coefficient (Wildman–Crippen LogP) is 8.15. The van der Waals surface area contributed by atoms with E-state index in [0.717, 1.165) is 6.42 Å². The van der Waals surface area contributed by atoms with Gasteiger partial charge in [0, 0.05) is 31.5 Å². The zero-order valence-corrected chi connectivity index (χ0v) is 17.9. The first-order valence-electron chi connectivity index (χ1n) is 10.5. The monoisotopic (exact) mass is 392 g/mol. The highest BCUT2D eigenvalue weighted by Gasteiger charge is 2.42. The van der Waals surface area contributed by atoms with E-state index in [9.17, 15) is 0 Å². The molecule has 0 aliphatic heterocycles. The van der Waals surface area contributed by atoms with Gasteiger partial charge in [0.15, 0.2) is 0 Å². The van der Waals surface area contributed by atoms with Crippen molar-refractivity contribution in [1.29, 1.82) is 0 Å². The second kappa shape index (κ2) is 5.93. The van der Waals surface area contributed by atoms with Crippen molar-refractivity contribution in [2.75, 3.05) is 0 Å². The summed E-state index contributed by atoms with van der Waals surface area (Å²) in [6.45, 7) is 7.01. The topological polar surface area (TPSA) is 0 Å². The highest BCUT2D eigenvalue weighted by Crippen LogP contribution is 2.54. The standard InChI is InChI=1S/C28H24S/c1-17-11-13-20-21-14-12-18(16-24(21)28(2,3)23(20)15-17)19-8-6-10-26-27(19)22-7-4-5-9-25(22)29-26/h4-13,15-16,21H,14H2,1-3H3. The van der Waals surface area contributed by atoms with E-state index in [0.29, 0.717) is 5.92 Å². The van der Waals surface area contributed by atoms with Crippen LogP contribution in [0.1, 0.15) is 48.4 Å². The summed E-state index contributed by atoms with van der Waals surface area (Å²) in [6, 6.07) is 22.7. The Morgan fingerprint density at radius 2 is 1.76 bits per heavy atom. The van der Waals surface area contributed by atoms with E-state index in [4.69, 9.17) is 0 Å². The van der Waals surface area contributed by atoms with Crippen molar-refractivity contribution in [3.05, 3.63) is 101 Å². The maximum atomic E-state index is 2.50. The molecule has 29 heavy (non-hydrogen) atoms. The summed E-state index contributed by atoms with van der Waals surface area (Å²) in [7, 11) is 0. The maximum Gasteiger partial charge on any atom is 0.0361 e. The molecule has 2 aliphatic carbocycles. The quantitative estimate of drug-likeness (QED) is 0.306. The first-order valence-corrected chi connectivity index (χ1v) is 11.3. The van der Waals surface area contributed by atoms with Gasteiger partial charge in [-0.05, 0) is 47.7 Å². The van der Waals surface area contributed by atoms with E-state index in [1.54, 1.807) is 5.57 Å². The Morgan fingerprint density at radius 3 is 2.66 bits per heavy atom. The molecule has 0 fully saturated rings. The Morgan fingerprint density at radius 1 is 0.931 bits per heavy atom. The lowest BCUT2D eigenvalue weighted by Crippen LogP contribution is -2.18. The summed E-state index contributed by atoms with van der Waals surface area (Å²) >= 11 is 1.90. The third kappa shape index (κ3) is 2.37. The minimum atomic E-state index is 0.0934.